The van der Waals surface area contributed by atoms with Crippen molar-refractivity contribution in [3.8, 4) is 0 Å². The fraction of sp³-hybridized carbons (Fsp3) is 0.500. The first-order valence-corrected chi connectivity index (χ1v) is 5.87. The molecular formula is C16H30. The first kappa shape index (κ1) is 20.4. The molecule has 0 aliphatic rings. The molecule has 0 atom stereocenters. The number of rotatable bonds is 4. The molecule has 0 radical (unpaired) electrons. The standard InChI is InChI=1S/C6H14.2C5H8/c1-4-5-6(2)3;2*1-4-5(2)3/h6H,4-5H2,1-3H3;2*4H,1-2H2,3H3. The second-order valence-electron chi connectivity index (χ2n) is 4.28. The molecule has 0 amide bonds. The van der Waals surface area contributed by atoms with E-state index in [1.54, 1.807) is 12.2 Å². The van der Waals surface area contributed by atoms with Crippen LogP contribution < -0.4 is 0 Å². The van der Waals surface area contributed by atoms with Gasteiger partial charge in [-0.2, -0.15) is 0 Å². The molecule has 0 heterocycles. The molecule has 0 aromatic carbocycles. The van der Waals surface area contributed by atoms with Crippen LogP contribution in [0.1, 0.15) is 47.5 Å². The summed E-state index contributed by atoms with van der Waals surface area (Å²) in [5.41, 5.74) is 2.04. The Morgan fingerprint density at radius 1 is 1.00 bits per heavy atom. The maximum atomic E-state index is 3.56. The van der Waals surface area contributed by atoms with Gasteiger partial charge >= 0.3 is 0 Å². The molecule has 0 saturated carbocycles. The van der Waals surface area contributed by atoms with Crippen LogP contribution in [0.15, 0.2) is 49.6 Å². The van der Waals surface area contributed by atoms with Crippen LogP contribution in [0.3, 0.4) is 0 Å². The Bertz CT molecular complexity index is 176. The number of hydrogen-bond acceptors (Lipinski definition) is 0. The van der Waals surface area contributed by atoms with Crippen molar-refractivity contribution in [3.63, 3.8) is 0 Å². The second kappa shape index (κ2) is 16.4. The molecule has 0 rings (SSSR count). The Kier molecular flexibility index (Phi) is 20.9. The molecule has 0 nitrogen and oxygen atoms in total. The van der Waals surface area contributed by atoms with Crippen molar-refractivity contribution < 1.29 is 0 Å². The molecule has 16 heavy (non-hydrogen) atoms. The summed E-state index contributed by atoms with van der Waals surface area (Å²) in [7, 11) is 0. The highest BCUT2D eigenvalue weighted by molar-refractivity contribution is 5.06. The molecule has 94 valence electrons. The third kappa shape index (κ3) is 52.2. The molecule has 0 saturated heterocycles. The summed E-state index contributed by atoms with van der Waals surface area (Å²) in [5.74, 6) is 0.898. The van der Waals surface area contributed by atoms with Gasteiger partial charge in [0.2, 0.25) is 0 Å². The average Bonchev–Trinajstić information content (AvgIpc) is 2.19. The van der Waals surface area contributed by atoms with Crippen molar-refractivity contribution in [2.75, 3.05) is 0 Å². The summed E-state index contributed by atoms with van der Waals surface area (Å²) in [6.07, 6.45) is 6.15. The predicted molar refractivity (Wildman–Crippen MR) is 79.8 cm³/mol. The Balaban J connectivity index is -0.000000160. The fourth-order valence-corrected chi connectivity index (χ4v) is 0.577. The van der Waals surface area contributed by atoms with Crippen molar-refractivity contribution in [3.05, 3.63) is 49.6 Å². The summed E-state index contributed by atoms with van der Waals surface area (Å²) in [6.45, 7) is 24.6. The molecule has 0 bridgehead atoms. The average molecular weight is 222 g/mol. The minimum atomic E-state index is 0.898. The maximum absolute atomic E-state index is 3.56. The smallest absolute Gasteiger partial charge is 0.0404 e. The summed E-state index contributed by atoms with van der Waals surface area (Å²) < 4.78 is 0. The Labute approximate surface area is 103 Å². The van der Waals surface area contributed by atoms with Crippen LogP contribution in [0.4, 0.5) is 0 Å². The van der Waals surface area contributed by atoms with Gasteiger partial charge in [-0.05, 0) is 19.8 Å². The van der Waals surface area contributed by atoms with Crippen LogP contribution in [0, 0.1) is 5.92 Å². The van der Waals surface area contributed by atoms with E-state index < -0.39 is 0 Å². The summed E-state index contributed by atoms with van der Waals surface area (Å²) in [4.78, 5) is 0. The van der Waals surface area contributed by atoms with Gasteiger partial charge in [0.1, 0.15) is 0 Å². The minimum Gasteiger partial charge on any atom is -0.0988 e. The van der Waals surface area contributed by atoms with Crippen LogP contribution in [-0.4, -0.2) is 0 Å². The van der Waals surface area contributed by atoms with Crippen LogP contribution >= 0.6 is 0 Å². The lowest BCUT2D eigenvalue weighted by atomic mass is 10.1. The molecule has 0 aliphatic heterocycles. The van der Waals surface area contributed by atoms with Gasteiger partial charge in [-0.25, -0.2) is 0 Å². The topological polar surface area (TPSA) is 0 Å². The Hall–Kier alpha value is -1.04. The lowest BCUT2D eigenvalue weighted by molar-refractivity contribution is 0.576. The molecule has 0 N–H and O–H groups in total. The van der Waals surface area contributed by atoms with Gasteiger partial charge in [-0.15, -0.1) is 0 Å². The lowest BCUT2D eigenvalue weighted by Crippen LogP contribution is -1.81. The van der Waals surface area contributed by atoms with Gasteiger partial charge < -0.3 is 0 Å². The van der Waals surface area contributed by atoms with E-state index in [0.717, 1.165) is 17.1 Å². The number of allylic oxidation sites excluding steroid dienone is 4. The Morgan fingerprint density at radius 3 is 1.25 bits per heavy atom. The summed E-state index contributed by atoms with van der Waals surface area (Å²) >= 11 is 0. The fourth-order valence-electron chi connectivity index (χ4n) is 0.577. The van der Waals surface area contributed by atoms with E-state index in [1.807, 2.05) is 13.8 Å². The molecule has 0 unspecified atom stereocenters. The van der Waals surface area contributed by atoms with E-state index in [1.165, 1.54) is 12.8 Å². The zero-order valence-electron chi connectivity index (χ0n) is 12.0. The van der Waals surface area contributed by atoms with E-state index >= 15 is 0 Å². The summed E-state index contributed by atoms with van der Waals surface area (Å²) in [6, 6.07) is 0. The van der Waals surface area contributed by atoms with Crippen molar-refractivity contribution in [1.82, 2.24) is 0 Å². The molecule has 0 heteroatoms. The van der Waals surface area contributed by atoms with Crippen LogP contribution in [0.25, 0.3) is 0 Å². The molecule has 0 spiro atoms. The van der Waals surface area contributed by atoms with Gasteiger partial charge in [-0.1, -0.05) is 83.2 Å². The lowest BCUT2D eigenvalue weighted by Gasteiger charge is -1.95. The third-order valence-electron chi connectivity index (χ3n) is 1.56. The zero-order valence-corrected chi connectivity index (χ0v) is 12.0. The first-order valence-electron chi connectivity index (χ1n) is 5.87. The highest BCUT2D eigenvalue weighted by Crippen LogP contribution is 2.00. The largest absolute Gasteiger partial charge is 0.0988 e. The van der Waals surface area contributed by atoms with E-state index in [2.05, 4.69) is 47.1 Å². The SMILES string of the molecule is C=CC(=C)C.C=CC(=C)C.CCCC(C)C. The van der Waals surface area contributed by atoms with Gasteiger partial charge in [0.25, 0.3) is 0 Å². The zero-order chi connectivity index (χ0) is 13.6. The second-order valence-corrected chi connectivity index (χ2v) is 4.28. The van der Waals surface area contributed by atoms with Gasteiger partial charge in [0, 0.05) is 0 Å². The summed E-state index contributed by atoms with van der Waals surface area (Å²) in [5, 5.41) is 0. The third-order valence-corrected chi connectivity index (χ3v) is 1.56. The molecule has 0 aromatic heterocycles. The van der Waals surface area contributed by atoms with Gasteiger partial charge in [0.05, 0.1) is 0 Å². The van der Waals surface area contributed by atoms with Crippen LogP contribution in [-0.2, 0) is 0 Å². The normalized spacial score (nSPS) is 7.88. The monoisotopic (exact) mass is 222 g/mol. The first-order chi connectivity index (χ1) is 7.31. The van der Waals surface area contributed by atoms with Crippen molar-refractivity contribution in [2.24, 2.45) is 5.92 Å². The van der Waals surface area contributed by atoms with Crippen LogP contribution in [0.5, 0.6) is 0 Å². The van der Waals surface area contributed by atoms with E-state index in [-0.39, 0.29) is 0 Å². The van der Waals surface area contributed by atoms with Gasteiger partial charge in [0.15, 0.2) is 0 Å². The van der Waals surface area contributed by atoms with Crippen LogP contribution in [0.2, 0.25) is 0 Å². The molecule has 0 aliphatic carbocycles. The predicted octanol–water partition coefficient (Wildman–Crippen LogP) is 5.94. The Morgan fingerprint density at radius 2 is 1.25 bits per heavy atom. The van der Waals surface area contributed by atoms with Crippen molar-refractivity contribution in [1.29, 1.82) is 0 Å². The molecule has 0 aromatic rings. The molecule has 0 fully saturated rings. The highest BCUT2D eigenvalue weighted by atomic mass is 13.9. The van der Waals surface area contributed by atoms with E-state index in [4.69, 9.17) is 0 Å². The highest BCUT2D eigenvalue weighted by Gasteiger charge is 1.85. The number of hydrogen-bond donors (Lipinski definition) is 0. The minimum absolute atomic E-state index is 0.898. The maximum Gasteiger partial charge on any atom is -0.0404 e. The van der Waals surface area contributed by atoms with Crippen molar-refractivity contribution in [2.45, 2.75) is 47.5 Å². The van der Waals surface area contributed by atoms with Crippen molar-refractivity contribution >= 4 is 0 Å². The van der Waals surface area contributed by atoms with E-state index in [0.29, 0.717) is 0 Å². The molecular weight excluding hydrogens is 192 g/mol. The van der Waals surface area contributed by atoms with E-state index in [9.17, 15) is 0 Å². The van der Waals surface area contributed by atoms with Gasteiger partial charge in [-0.3, -0.25) is 0 Å². The quantitative estimate of drug-likeness (QED) is 0.516.